The van der Waals surface area contributed by atoms with Gasteiger partial charge in [-0.05, 0) is 13.8 Å². The van der Waals surface area contributed by atoms with Crippen LogP contribution in [0, 0.1) is 0 Å². The number of carboxylic acid groups (broad SMARTS) is 4. The molecule has 4 saturated heterocycles. The molecule has 4 heterocycles. The number of methoxy groups -OCH3 is 2. The second-order valence-electron chi connectivity index (χ2n) is 14.0. The maximum Gasteiger partial charge on any atom is 0.338 e. The molecule has 0 aliphatic carbocycles. The van der Waals surface area contributed by atoms with Crippen LogP contribution in [0.1, 0.15) is 13.8 Å². The molecule has 28 nitrogen and oxygen atoms in total. The Morgan fingerprint density at radius 3 is 1.11 bits per heavy atom. The molecule has 4 aliphatic heterocycles. The van der Waals surface area contributed by atoms with Gasteiger partial charge in [-0.1, -0.05) is 19.7 Å². The molecule has 0 amide bonds. The molecule has 28 heteroatoms. The van der Waals surface area contributed by atoms with Gasteiger partial charge in [0.2, 0.25) is 0 Å². The van der Waals surface area contributed by atoms with E-state index in [4.69, 9.17) is 42.6 Å². The minimum atomic E-state index is -1.88. The summed E-state index contributed by atoms with van der Waals surface area (Å²) in [5.74, 6) is -8.64. The molecular weight excluding hydrogens is 892 g/mol. The molecule has 4 rings (SSSR count). The number of hydrogen-bond donors (Lipinski definition) is 11. The van der Waals surface area contributed by atoms with Gasteiger partial charge in [-0.3, -0.25) is 0 Å². The molecule has 0 bridgehead atoms. The van der Waals surface area contributed by atoms with Crippen molar-refractivity contribution in [2.75, 3.05) is 14.2 Å². The first-order chi connectivity index (χ1) is 30.3. The van der Waals surface area contributed by atoms with Crippen LogP contribution in [0.5, 0.6) is 0 Å². The first-order valence-corrected chi connectivity index (χ1v) is 18.8. The summed E-state index contributed by atoms with van der Waals surface area (Å²) in [7, 11) is 2.21. The molecule has 0 aromatic carbocycles. The number of carbonyl (C=O) groups is 7. The van der Waals surface area contributed by atoms with Gasteiger partial charge >= 0.3 is 41.8 Å². The highest BCUT2D eigenvalue weighted by Crippen LogP contribution is 2.33. The summed E-state index contributed by atoms with van der Waals surface area (Å²) in [4.78, 5) is 77.8. The molecule has 0 aromatic rings. The van der Waals surface area contributed by atoms with E-state index in [0.717, 1.165) is 32.4 Å². The zero-order valence-electron chi connectivity index (χ0n) is 34.8. The van der Waals surface area contributed by atoms with Crippen LogP contribution in [0.2, 0.25) is 0 Å². The normalized spacial score (nSPS) is 38.9. The van der Waals surface area contributed by atoms with Crippen molar-refractivity contribution in [1.29, 1.82) is 0 Å². The van der Waals surface area contributed by atoms with Crippen molar-refractivity contribution in [3.63, 3.8) is 0 Å². The lowest BCUT2D eigenvalue weighted by molar-refractivity contribution is -0.334. The Labute approximate surface area is 367 Å². The third-order valence-electron chi connectivity index (χ3n) is 9.77. The Morgan fingerprint density at radius 1 is 0.431 bits per heavy atom. The summed E-state index contributed by atoms with van der Waals surface area (Å²) >= 11 is 0. The third-order valence-corrected chi connectivity index (χ3v) is 9.77. The summed E-state index contributed by atoms with van der Waals surface area (Å²) in [5, 5.41) is 108. The highest BCUT2D eigenvalue weighted by atomic mass is 16.7. The fraction of sp³-hybridized carbons (Fsp3) is 0.649. The summed E-state index contributed by atoms with van der Waals surface area (Å²) < 4.78 is 49.9. The van der Waals surface area contributed by atoms with Crippen LogP contribution in [-0.2, 0) is 80.9 Å². The molecule has 0 saturated carbocycles. The zero-order chi connectivity index (χ0) is 49.8. The number of esters is 3. The number of hydrogen-bond acceptors (Lipinski definition) is 24. The maximum atomic E-state index is 11.7. The standard InChI is InChI=1S/C17H24O13.C14H22O12.C6H6O3/c1-4-6(18)28-11-7(19)5(2)27-14(16(24)25)12(11)29-17-9(21)8(20)10(26-3)13(30-17)15(22)23;1-3-4(15)5(16)9(11(24-3)13(21)22)25-14-7(18)6(17)8(23-2)10(26-14)12(19)20;1-3-5(7)9-6(8)4-2/h4-5,7-14,17,19-21H,1H2,2-3H3,(H,22,23)(H,24,25);3-11,14-18H,1-2H3,(H,19,20)(H,21,22);3-4H,1-2H2. The average molecular weight is 945 g/mol. The number of aliphatic hydroxyl groups is 7. The number of aliphatic carboxylic acids is 4. The van der Waals surface area contributed by atoms with Gasteiger partial charge in [0.1, 0.15) is 67.1 Å². The number of carbonyl (C=O) groups excluding carboxylic acids is 3. The van der Waals surface area contributed by atoms with Crippen molar-refractivity contribution in [1.82, 2.24) is 0 Å². The van der Waals surface area contributed by atoms with E-state index in [1.807, 2.05) is 0 Å². The molecule has 0 aromatic heterocycles. The molecule has 65 heavy (non-hydrogen) atoms. The van der Waals surface area contributed by atoms with Crippen molar-refractivity contribution < 1.29 is 137 Å². The van der Waals surface area contributed by atoms with Crippen LogP contribution < -0.4 is 0 Å². The van der Waals surface area contributed by atoms with Crippen LogP contribution in [0.4, 0.5) is 0 Å². The Kier molecular flexibility index (Phi) is 21.7. The van der Waals surface area contributed by atoms with Gasteiger partial charge in [-0.2, -0.15) is 0 Å². The monoisotopic (exact) mass is 944 g/mol. The summed E-state index contributed by atoms with van der Waals surface area (Å²) in [6.07, 6.45) is -30.1. The minimum Gasteiger partial charge on any atom is -0.479 e. The Balaban J connectivity index is 0.000000379. The Morgan fingerprint density at radius 2 is 0.754 bits per heavy atom. The van der Waals surface area contributed by atoms with Crippen molar-refractivity contribution >= 4 is 41.8 Å². The smallest absolute Gasteiger partial charge is 0.338 e. The number of ether oxygens (including phenoxy) is 10. The fourth-order valence-electron chi connectivity index (χ4n) is 6.39. The number of carboxylic acids is 4. The highest BCUT2D eigenvalue weighted by molar-refractivity contribution is 5.95. The van der Waals surface area contributed by atoms with Gasteiger partial charge in [0.05, 0.1) is 12.2 Å². The van der Waals surface area contributed by atoms with E-state index < -0.39 is 164 Å². The predicted octanol–water partition coefficient (Wildman–Crippen LogP) is -5.81. The summed E-state index contributed by atoms with van der Waals surface area (Å²) in [6.45, 7) is 12.1. The van der Waals surface area contributed by atoms with Crippen LogP contribution in [0.3, 0.4) is 0 Å². The lowest BCUT2D eigenvalue weighted by atomic mass is 9.94. The Hall–Kier alpha value is -4.89. The van der Waals surface area contributed by atoms with E-state index >= 15 is 0 Å². The van der Waals surface area contributed by atoms with Crippen LogP contribution >= 0.6 is 0 Å². The van der Waals surface area contributed by atoms with Crippen molar-refractivity contribution in [3.8, 4) is 0 Å². The van der Waals surface area contributed by atoms with E-state index in [1.54, 1.807) is 0 Å². The van der Waals surface area contributed by atoms with Crippen molar-refractivity contribution in [2.45, 2.75) is 136 Å². The van der Waals surface area contributed by atoms with E-state index in [-0.39, 0.29) is 0 Å². The second kappa shape index (κ2) is 25.1. The molecule has 4 aliphatic rings. The van der Waals surface area contributed by atoms with Gasteiger partial charge in [0.25, 0.3) is 0 Å². The van der Waals surface area contributed by atoms with Crippen LogP contribution in [0.15, 0.2) is 38.0 Å². The lowest BCUT2D eigenvalue weighted by Gasteiger charge is -2.45. The number of rotatable bonds is 14. The zero-order valence-corrected chi connectivity index (χ0v) is 34.8. The fourth-order valence-corrected chi connectivity index (χ4v) is 6.39. The molecule has 0 radical (unpaired) electrons. The van der Waals surface area contributed by atoms with Gasteiger partial charge in [-0.15, -0.1) is 0 Å². The molecule has 0 spiro atoms. The first kappa shape index (κ1) is 56.2. The third kappa shape index (κ3) is 14.1. The van der Waals surface area contributed by atoms with Gasteiger partial charge in [-0.25, -0.2) is 33.6 Å². The minimum absolute atomic E-state index is 0.764. The maximum absolute atomic E-state index is 11.7. The van der Waals surface area contributed by atoms with Crippen LogP contribution in [0.25, 0.3) is 0 Å². The average Bonchev–Trinajstić information content (AvgIpc) is 3.25. The molecule has 20 unspecified atom stereocenters. The molecule has 20 atom stereocenters. The number of aliphatic hydroxyl groups excluding tert-OH is 7. The van der Waals surface area contributed by atoms with E-state index in [2.05, 4.69) is 24.5 Å². The Bertz CT molecular complexity index is 1690. The molecule has 11 N–H and O–H groups in total. The highest BCUT2D eigenvalue weighted by Gasteiger charge is 2.56. The van der Waals surface area contributed by atoms with E-state index in [0.29, 0.717) is 0 Å². The summed E-state index contributed by atoms with van der Waals surface area (Å²) in [6, 6.07) is 0. The van der Waals surface area contributed by atoms with Gasteiger partial charge < -0.3 is 104 Å². The SMILES string of the molecule is C=CC(=O)OC(=O)C=C.C=CC(=O)OC1C(O)C(C)OC(C(=O)O)C1OC1OC(C(=O)O)C(OC)C(O)C1O.COC1C(C(=O)O)OC(OC2C(C(=O)O)OC(C)C(O)C2O)C(O)C1O. The first-order valence-electron chi connectivity index (χ1n) is 18.8. The van der Waals surface area contributed by atoms with E-state index in [9.17, 15) is 89.7 Å². The topological polar surface area (TPSA) is 434 Å². The van der Waals surface area contributed by atoms with Gasteiger partial charge in [0, 0.05) is 32.4 Å². The molecular formula is C37H52O28. The molecule has 368 valence electrons. The van der Waals surface area contributed by atoms with Crippen molar-refractivity contribution in [2.24, 2.45) is 0 Å². The molecule has 4 fully saturated rings. The van der Waals surface area contributed by atoms with Crippen LogP contribution in [-0.4, -0.2) is 235 Å². The summed E-state index contributed by atoms with van der Waals surface area (Å²) in [5.41, 5.74) is 0. The lowest BCUT2D eigenvalue weighted by Crippen LogP contribution is -2.66. The predicted molar refractivity (Wildman–Crippen MR) is 201 cm³/mol. The largest absolute Gasteiger partial charge is 0.479 e. The van der Waals surface area contributed by atoms with Gasteiger partial charge in [0.15, 0.2) is 43.1 Å². The van der Waals surface area contributed by atoms with Crippen molar-refractivity contribution in [3.05, 3.63) is 38.0 Å². The quantitative estimate of drug-likeness (QED) is 0.0439. The van der Waals surface area contributed by atoms with E-state index in [1.165, 1.54) is 13.8 Å². The second-order valence-corrected chi connectivity index (χ2v) is 14.0.